The van der Waals surface area contributed by atoms with Crippen molar-refractivity contribution in [3.05, 3.63) is 82.1 Å². The van der Waals surface area contributed by atoms with Crippen molar-refractivity contribution < 1.29 is 37.8 Å². The predicted molar refractivity (Wildman–Crippen MR) is 141 cm³/mol. The summed E-state index contributed by atoms with van der Waals surface area (Å²) < 4.78 is 31.0. The Hall–Kier alpha value is -4.64. The largest absolute Gasteiger partial charge is 0.495 e. The molecular formula is C28H23ClFN3O7. The minimum Gasteiger partial charge on any atom is -0.495 e. The van der Waals surface area contributed by atoms with Gasteiger partial charge in [-0.1, -0.05) is 29.8 Å². The van der Waals surface area contributed by atoms with Crippen molar-refractivity contribution in [3.63, 3.8) is 0 Å². The van der Waals surface area contributed by atoms with Crippen LogP contribution in [0.4, 0.5) is 14.9 Å². The molecule has 0 spiro atoms. The van der Waals surface area contributed by atoms with Gasteiger partial charge in [-0.2, -0.15) is 0 Å². The Morgan fingerprint density at radius 2 is 1.93 bits per heavy atom. The standard InChI is InChI=1S/C28H23ClFN3O7/c1-38-25-16(6-5-15-13-33(27(36)24(15)25)22-9-10-23(34)32-26(22)35)14-39-28(37)31-21-8-7-19(12-20(21)30)40-18-4-2-3-17(29)11-18/h2-8,11-12,22H,9-10,13-14H2,1H3,(H,31,37)(H,32,34,35). The second-order valence-electron chi connectivity index (χ2n) is 9.09. The third kappa shape index (κ3) is 5.55. The summed E-state index contributed by atoms with van der Waals surface area (Å²) in [5.41, 5.74) is 1.18. The van der Waals surface area contributed by atoms with Gasteiger partial charge in [0.25, 0.3) is 5.91 Å². The summed E-state index contributed by atoms with van der Waals surface area (Å²) >= 11 is 5.93. The van der Waals surface area contributed by atoms with Crippen LogP contribution in [0.3, 0.4) is 0 Å². The average Bonchev–Trinajstić information content (AvgIpc) is 3.25. The van der Waals surface area contributed by atoms with E-state index in [-0.39, 0.29) is 54.7 Å². The molecule has 40 heavy (non-hydrogen) atoms. The molecule has 5 rings (SSSR count). The number of carbonyl (C=O) groups excluding carboxylic acids is 4. The van der Waals surface area contributed by atoms with E-state index in [9.17, 15) is 23.6 Å². The molecule has 4 amide bonds. The van der Waals surface area contributed by atoms with E-state index in [0.717, 1.165) is 6.07 Å². The highest BCUT2D eigenvalue weighted by molar-refractivity contribution is 6.30. The molecule has 2 aliphatic heterocycles. The Morgan fingerprint density at radius 3 is 2.65 bits per heavy atom. The van der Waals surface area contributed by atoms with E-state index >= 15 is 0 Å². The number of hydrogen-bond donors (Lipinski definition) is 2. The third-order valence-corrected chi connectivity index (χ3v) is 6.73. The zero-order chi connectivity index (χ0) is 28.4. The molecule has 12 heteroatoms. The molecule has 3 aromatic carbocycles. The Morgan fingerprint density at radius 1 is 1.12 bits per heavy atom. The first-order valence-corrected chi connectivity index (χ1v) is 12.6. The molecule has 0 radical (unpaired) electrons. The Kier molecular flexibility index (Phi) is 7.56. The summed E-state index contributed by atoms with van der Waals surface area (Å²) in [6.07, 6.45) is -0.561. The van der Waals surface area contributed by atoms with Crippen molar-refractivity contribution in [2.45, 2.75) is 32.0 Å². The fourth-order valence-electron chi connectivity index (χ4n) is 4.63. The minimum atomic E-state index is -0.929. The zero-order valence-corrected chi connectivity index (χ0v) is 21.9. The number of methoxy groups -OCH3 is 1. The van der Waals surface area contributed by atoms with Gasteiger partial charge in [0.15, 0.2) is 5.82 Å². The molecule has 0 saturated carbocycles. The van der Waals surface area contributed by atoms with Crippen LogP contribution in [0.1, 0.15) is 34.3 Å². The van der Waals surface area contributed by atoms with Gasteiger partial charge >= 0.3 is 6.09 Å². The Bertz CT molecular complexity index is 1530. The number of rotatable bonds is 7. The summed E-state index contributed by atoms with van der Waals surface area (Å²) in [5, 5.41) is 5.06. The lowest BCUT2D eigenvalue weighted by atomic mass is 10.0. The number of hydrogen-bond acceptors (Lipinski definition) is 7. The second kappa shape index (κ2) is 11.2. The smallest absolute Gasteiger partial charge is 0.412 e. The lowest BCUT2D eigenvalue weighted by molar-refractivity contribution is -0.136. The first-order chi connectivity index (χ1) is 19.2. The van der Waals surface area contributed by atoms with Crippen molar-refractivity contribution >= 4 is 41.1 Å². The van der Waals surface area contributed by atoms with E-state index in [2.05, 4.69) is 10.6 Å². The molecule has 2 N–H and O–H groups in total. The molecular weight excluding hydrogens is 545 g/mol. The van der Waals surface area contributed by atoms with Gasteiger partial charge in [0, 0.05) is 29.6 Å². The maximum absolute atomic E-state index is 14.6. The van der Waals surface area contributed by atoms with Crippen molar-refractivity contribution in [3.8, 4) is 17.2 Å². The van der Waals surface area contributed by atoms with E-state index in [1.165, 1.54) is 24.1 Å². The quantitative estimate of drug-likeness (QED) is 0.393. The zero-order valence-electron chi connectivity index (χ0n) is 21.2. The molecule has 3 aromatic rings. The predicted octanol–water partition coefficient (Wildman–Crippen LogP) is 4.79. The topological polar surface area (TPSA) is 123 Å². The van der Waals surface area contributed by atoms with E-state index < -0.39 is 29.8 Å². The lowest BCUT2D eigenvalue weighted by Gasteiger charge is -2.29. The number of amides is 4. The lowest BCUT2D eigenvalue weighted by Crippen LogP contribution is -2.52. The molecule has 1 fully saturated rings. The van der Waals surface area contributed by atoms with Crippen LogP contribution in [0.5, 0.6) is 17.2 Å². The van der Waals surface area contributed by atoms with Crippen LogP contribution >= 0.6 is 11.6 Å². The maximum atomic E-state index is 14.6. The van der Waals surface area contributed by atoms with Gasteiger partial charge in [-0.05, 0) is 42.3 Å². The van der Waals surface area contributed by atoms with E-state index in [0.29, 0.717) is 21.9 Å². The summed E-state index contributed by atoms with van der Waals surface area (Å²) in [4.78, 5) is 50.9. The number of carbonyl (C=O) groups is 4. The molecule has 0 aliphatic carbocycles. The number of fused-ring (bicyclic) bond motifs is 1. The number of nitrogens with one attached hydrogen (secondary N) is 2. The Labute approximate surface area is 232 Å². The summed E-state index contributed by atoms with van der Waals surface area (Å²) in [7, 11) is 1.38. The van der Waals surface area contributed by atoms with Gasteiger partial charge in [-0.25, -0.2) is 9.18 Å². The van der Waals surface area contributed by atoms with Gasteiger partial charge in [0.2, 0.25) is 11.8 Å². The summed E-state index contributed by atoms with van der Waals surface area (Å²) in [6.45, 7) is -0.0969. The number of nitrogens with zero attached hydrogens (tertiary/aromatic N) is 1. The van der Waals surface area contributed by atoms with Crippen LogP contribution in [-0.2, 0) is 27.5 Å². The molecule has 0 aromatic heterocycles. The molecule has 0 bridgehead atoms. The number of imide groups is 1. The number of ether oxygens (including phenoxy) is 3. The van der Waals surface area contributed by atoms with Gasteiger partial charge in [0.05, 0.1) is 18.4 Å². The Balaban J connectivity index is 1.23. The van der Waals surface area contributed by atoms with Gasteiger partial charge in [-0.15, -0.1) is 0 Å². The van der Waals surface area contributed by atoms with Crippen LogP contribution in [0.25, 0.3) is 0 Å². The third-order valence-electron chi connectivity index (χ3n) is 6.50. The first kappa shape index (κ1) is 26.9. The minimum absolute atomic E-state index is 0.126. The number of halogens is 2. The molecule has 2 aliphatic rings. The van der Waals surface area contributed by atoms with E-state index in [1.54, 1.807) is 36.4 Å². The fraction of sp³-hybridized carbons (Fsp3) is 0.214. The van der Waals surface area contributed by atoms with Gasteiger partial charge in [0.1, 0.15) is 29.9 Å². The SMILES string of the molecule is COc1c(COC(=O)Nc2ccc(Oc3cccc(Cl)c3)cc2F)ccc2c1C(=O)N(C1CCC(=O)NC1=O)C2. The molecule has 1 atom stereocenters. The number of benzene rings is 3. The van der Waals surface area contributed by atoms with Gasteiger partial charge < -0.3 is 19.1 Å². The van der Waals surface area contributed by atoms with Crippen molar-refractivity contribution in [2.75, 3.05) is 12.4 Å². The number of piperidine rings is 1. The van der Waals surface area contributed by atoms with Crippen LogP contribution in [0.15, 0.2) is 54.6 Å². The maximum Gasteiger partial charge on any atom is 0.412 e. The molecule has 1 saturated heterocycles. The fourth-order valence-corrected chi connectivity index (χ4v) is 4.81. The van der Waals surface area contributed by atoms with Crippen LogP contribution in [0.2, 0.25) is 5.02 Å². The summed E-state index contributed by atoms with van der Waals surface area (Å²) in [5.74, 6) is -1.22. The van der Waals surface area contributed by atoms with E-state index in [4.69, 9.17) is 25.8 Å². The van der Waals surface area contributed by atoms with Crippen molar-refractivity contribution in [1.82, 2.24) is 10.2 Å². The van der Waals surface area contributed by atoms with Gasteiger partial charge in [-0.3, -0.25) is 25.0 Å². The highest BCUT2D eigenvalue weighted by atomic mass is 35.5. The van der Waals surface area contributed by atoms with E-state index in [1.807, 2.05) is 0 Å². The first-order valence-electron chi connectivity index (χ1n) is 12.2. The van der Waals surface area contributed by atoms with Crippen molar-refractivity contribution in [2.24, 2.45) is 0 Å². The molecule has 1 unspecified atom stereocenters. The highest BCUT2D eigenvalue weighted by Gasteiger charge is 2.41. The average molecular weight is 568 g/mol. The second-order valence-corrected chi connectivity index (χ2v) is 9.53. The van der Waals surface area contributed by atoms with Crippen molar-refractivity contribution in [1.29, 1.82) is 0 Å². The molecule has 206 valence electrons. The summed E-state index contributed by atoms with van der Waals surface area (Å²) in [6, 6.07) is 13.1. The monoisotopic (exact) mass is 567 g/mol. The normalized spacial score (nSPS) is 16.3. The molecule has 10 nitrogen and oxygen atoms in total. The number of anilines is 1. The van der Waals surface area contributed by atoms with Crippen LogP contribution in [-0.4, -0.2) is 41.9 Å². The molecule has 2 heterocycles. The van der Waals surface area contributed by atoms with Crippen LogP contribution in [0, 0.1) is 5.82 Å². The van der Waals surface area contributed by atoms with Crippen LogP contribution < -0.4 is 20.1 Å². The highest BCUT2D eigenvalue weighted by Crippen LogP contribution is 2.36.